The minimum absolute atomic E-state index is 0.175. The highest BCUT2D eigenvalue weighted by molar-refractivity contribution is 5.86. The molecule has 1 saturated heterocycles. The Morgan fingerprint density at radius 1 is 0.867 bits per heavy atom. The van der Waals surface area contributed by atoms with Gasteiger partial charge in [-0.2, -0.15) is 5.26 Å². The number of nitrogens with zero attached hydrogens (tertiary/aromatic N) is 7. The number of anilines is 2. The maximum Gasteiger partial charge on any atom is 0.234 e. The molecule has 10 heteroatoms. The minimum atomic E-state index is -0.268. The number of nitriles is 1. The van der Waals surface area contributed by atoms with Crippen LogP contribution in [0.25, 0.3) is 39.3 Å². The van der Waals surface area contributed by atoms with E-state index >= 15 is 0 Å². The summed E-state index contributed by atoms with van der Waals surface area (Å²) in [6.45, 7) is 2.77. The summed E-state index contributed by atoms with van der Waals surface area (Å²) in [4.78, 5) is 19.9. The van der Waals surface area contributed by atoms with Crippen molar-refractivity contribution in [2.24, 2.45) is 0 Å². The van der Waals surface area contributed by atoms with Crippen molar-refractivity contribution in [3.8, 4) is 39.7 Å². The van der Waals surface area contributed by atoms with E-state index in [1.165, 1.54) is 17.7 Å². The normalized spacial score (nSPS) is 14.0. The molecule has 5 heterocycles. The molecule has 0 bridgehead atoms. The van der Waals surface area contributed by atoms with Crippen molar-refractivity contribution < 1.29 is 4.39 Å². The molecule has 2 aromatic carbocycles. The lowest BCUT2D eigenvalue weighted by molar-refractivity contribution is 0.211. The van der Waals surface area contributed by atoms with E-state index in [0.717, 1.165) is 71.8 Å². The summed E-state index contributed by atoms with van der Waals surface area (Å²) in [6.07, 6.45) is 7.29. The summed E-state index contributed by atoms with van der Waals surface area (Å²) in [5, 5.41) is 12.5. The number of halogens is 1. The van der Waals surface area contributed by atoms with Crippen molar-refractivity contribution >= 4 is 17.3 Å². The van der Waals surface area contributed by atoms with Crippen LogP contribution in [0.5, 0.6) is 0 Å². The van der Waals surface area contributed by atoms with Crippen molar-refractivity contribution in [1.82, 2.24) is 29.2 Å². The molecule has 0 radical (unpaired) electrons. The zero-order chi connectivity index (χ0) is 30.8. The van der Waals surface area contributed by atoms with Crippen LogP contribution < -0.4 is 11.1 Å². The Kier molecular flexibility index (Phi) is 7.59. The van der Waals surface area contributed by atoms with E-state index in [4.69, 9.17) is 16.0 Å². The zero-order valence-electron chi connectivity index (χ0n) is 24.4. The molecule has 0 saturated carbocycles. The van der Waals surface area contributed by atoms with Gasteiger partial charge >= 0.3 is 0 Å². The number of nitrogen functional groups attached to an aromatic ring is 1. The molecular weight excluding hydrogens is 565 g/mol. The summed E-state index contributed by atoms with van der Waals surface area (Å²) < 4.78 is 15.7. The first-order chi connectivity index (χ1) is 22.0. The van der Waals surface area contributed by atoms with Crippen LogP contribution in [0, 0.1) is 17.1 Å². The van der Waals surface area contributed by atoms with Crippen LogP contribution in [0.1, 0.15) is 24.2 Å². The molecule has 3 N–H and O–H groups in total. The average molecular weight is 596 g/mol. The molecule has 6 aromatic rings. The fraction of sp³-hybridized carbons (Fsp3) is 0.171. The fourth-order valence-electron chi connectivity index (χ4n) is 5.90. The number of piperidine rings is 1. The lowest BCUT2D eigenvalue weighted by Gasteiger charge is -2.32. The Balaban J connectivity index is 1.13. The first-order valence-corrected chi connectivity index (χ1v) is 14.8. The number of fused-ring (bicyclic) bond motifs is 1. The standard InChI is InChI=1S/C35H30FN9/c36-27-10-7-24(8-11-27)26-9-12-32-43-33(29-2-1-16-40-35(29)38)34(45(32)22-26)25-5-3-23(4-6-25)21-44-18-14-28(15-19-44)41-30-13-17-39-31(20-37)42-30/h1-13,16-17,22,28H,14-15,18-19,21H2,(H2,38,40)(H,39,41,42). The van der Waals surface area contributed by atoms with Crippen LogP contribution in [0.2, 0.25) is 0 Å². The molecule has 0 atom stereocenters. The van der Waals surface area contributed by atoms with Gasteiger partial charge in [0.1, 0.15) is 34.9 Å². The average Bonchev–Trinajstić information content (AvgIpc) is 3.45. The third kappa shape index (κ3) is 5.94. The predicted molar refractivity (Wildman–Crippen MR) is 172 cm³/mol. The van der Waals surface area contributed by atoms with E-state index in [1.807, 2.05) is 36.5 Å². The molecule has 7 rings (SSSR count). The lowest BCUT2D eigenvalue weighted by Crippen LogP contribution is -2.38. The van der Waals surface area contributed by atoms with Crippen LogP contribution in [-0.4, -0.2) is 48.4 Å². The Morgan fingerprint density at radius 3 is 2.38 bits per heavy atom. The van der Waals surface area contributed by atoms with Crippen LogP contribution in [0.15, 0.2) is 97.5 Å². The molecule has 1 aliphatic rings. The number of pyridine rings is 2. The van der Waals surface area contributed by atoms with E-state index in [9.17, 15) is 4.39 Å². The van der Waals surface area contributed by atoms with E-state index in [1.54, 1.807) is 30.6 Å². The van der Waals surface area contributed by atoms with Crippen LogP contribution in [0.3, 0.4) is 0 Å². The molecular formula is C35H30FN9. The minimum Gasteiger partial charge on any atom is -0.383 e. The quantitative estimate of drug-likeness (QED) is 0.224. The van der Waals surface area contributed by atoms with E-state index in [0.29, 0.717) is 17.7 Å². The summed E-state index contributed by atoms with van der Waals surface area (Å²) in [5.74, 6) is 1.02. The Morgan fingerprint density at radius 2 is 1.62 bits per heavy atom. The lowest BCUT2D eigenvalue weighted by atomic mass is 10.0. The highest BCUT2D eigenvalue weighted by Crippen LogP contribution is 2.36. The van der Waals surface area contributed by atoms with E-state index < -0.39 is 0 Å². The fourth-order valence-corrected chi connectivity index (χ4v) is 5.90. The van der Waals surface area contributed by atoms with Gasteiger partial charge in [0.15, 0.2) is 0 Å². The number of imidazole rings is 1. The number of hydrogen-bond acceptors (Lipinski definition) is 8. The maximum absolute atomic E-state index is 13.6. The van der Waals surface area contributed by atoms with Crippen molar-refractivity contribution in [2.45, 2.75) is 25.4 Å². The smallest absolute Gasteiger partial charge is 0.234 e. The summed E-state index contributed by atoms with van der Waals surface area (Å²) in [7, 11) is 0. The van der Waals surface area contributed by atoms with Crippen molar-refractivity contribution in [3.63, 3.8) is 0 Å². The van der Waals surface area contributed by atoms with Crippen LogP contribution in [0.4, 0.5) is 16.0 Å². The molecule has 4 aromatic heterocycles. The van der Waals surface area contributed by atoms with Gasteiger partial charge in [-0.15, -0.1) is 0 Å². The second-order valence-electron chi connectivity index (χ2n) is 11.2. The van der Waals surface area contributed by atoms with Gasteiger partial charge in [0.05, 0.1) is 5.69 Å². The Hall–Kier alpha value is -5.66. The highest BCUT2D eigenvalue weighted by atomic mass is 19.1. The van der Waals surface area contributed by atoms with Gasteiger partial charge in [-0.25, -0.2) is 24.3 Å². The number of aromatic nitrogens is 5. The number of benzene rings is 2. The molecule has 45 heavy (non-hydrogen) atoms. The number of nitrogens with one attached hydrogen (secondary N) is 1. The molecule has 1 fully saturated rings. The van der Waals surface area contributed by atoms with E-state index in [-0.39, 0.29) is 11.6 Å². The van der Waals surface area contributed by atoms with Crippen LogP contribution >= 0.6 is 0 Å². The SMILES string of the molecule is N#Cc1nccc(NC2CCN(Cc3ccc(-c4c(-c5cccnc5N)nc5ccc(-c6ccc(F)cc6)cn45)cc3)CC2)n1. The number of rotatable bonds is 7. The Labute approximate surface area is 259 Å². The van der Waals surface area contributed by atoms with Gasteiger partial charge in [0.2, 0.25) is 5.82 Å². The third-order valence-electron chi connectivity index (χ3n) is 8.22. The Bertz CT molecular complexity index is 2010. The summed E-state index contributed by atoms with van der Waals surface area (Å²) in [5.41, 5.74) is 13.6. The predicted octanol–water partition coefficient (Wildman–Crippen LogP) is 6.19. The largest absolute Gasteiger partial charge is 0.383 e. The van der Waals surface area contributed by atoms with Gasteiger partial charge in [-0.05, 0) is 72.0 Å². The third-order valence-corrected chi connectivity index (χ3v) is 8.22. The topological polar surface area (TPSA) is 121 Å². The van der Waals surface area contributed by atoms with Gasteiger partial charge in [0, 0.05) is 55.4 Å². The van der Waals surface area contributed by atoms with Crippen molar-refractivity contribution in [1.29, 1.82) is 5.26 Å². The molecule has 0 aliphatic carbocycles. The van der Waals surface area contributed by atoms with E-state index in [2.05, 4.69) is 53.8 Å². The van der Waals surface area contributed by atoms with Crippen LogP contribution in [-0.2, 0) is 6.54 Å². The van der Waals surface area contributed by atoms with Gasteiger partial charge in [-0.1, -0.05) is 36.4 Å². The molecule has 222 valence electrons. The highest BCUT2D eigenvalue weighted by Gasteiger charge is 2.21. The number of likely N-dealkylation sites (tertiary alicyclic amines) is 1. The van der Waals surface area contributed by atoms with Gasteiger partial charge in [-0.3, -0.25) is 9.30 Å². The second-order valence-corrected chi connectivity index (χ2v) is 11.2. The van der Waals surface area contributed by atoms with Gasteiger partial charge < -0.3 is 11.1 Å². The summed E-state index contributed by atoms with van der Waals surface area (Å²) >= 11 is 0. The first kappa shape index (κ1) is 28.1. The van der Waals surface area contributed by atoms with Gasteiger partial charge in [0.25, 0.3) is 0 Å². The molecule has 9 nitrogen and oxygen atoms in total. The molecule has 0 spiro atoms. The number of nitrogens with two attached hydrogens (primary N) is 1. The summed E-state index contributed by atoms with van der Waals surface area (Å²) in [6, 6.07) is 27.0. The second kappa shape index (κ2) is 12.1. The zero-order valence-corrected chi connectivity index (χ0v) is 24.4. The molecule has 0 unspecified atom stereocenters. The number of hydrogen-bond donors (Lipinski definition) is 2. The van der Waals surface area contributed by atoms with Crippen molar-refractivity contribution in [3.05, 3.63) is 115 Å². The van der Waals surface area contributed by atoms with Crippen molar-refractivity contribution in [2.75, 3.05) is 24.1 Å². The first-order valence-electron chi connectivity index (χ1n) is 14.8. The maximum atomic E-state index is 13.6. The molecule has 1 aliphatic heterocycles. The monoisotopic (exact) mass is 595 g/mol. The molecule has 0 amide bonds.